The average Bonchev–Trinajstić information content (AvgIpc) is 2.52. The lowest BCUT2D eigenvalue weighted by Crippen LogP contribution is -2.77. The molecule has 6 heteroatoms. The van der Waals surface area contributed by atoms with Gasteiger partial charge in [-0.2, -0.15) is 0 Å². The smallest absolute Gasteiger partial charge is 0.241 e. The summed E-state index contributed by atoms with van der Waals surface area (Å²) in [7, 11) is 0. The van der Waals surface area contributed by atoms with E-state index in [1.54, 1.807) is 0 Å². The second-order valence-corrected chi connectivity index (χ2v) is 8.64. The maximum absolute atomic E-state index is 12.8. The number of carbonyl (C=O) groups is 1. The van der Waals surface area contributed by atoms with Gasteiger partial charge >= 0.3 is 0 Å². The predicted octanol–water partition coefficient (Wildman–Crippen LogP) is 3.04. The first kappa shape index (κ1) is 22.7. The fraction of sp³-hybridized carbons (Fsp3) is 0.947. The Hall–Kier alpha value is -0.360. The summed E-state index contributed by atoms with van der Waals surface area (Å²) >= 11 is 0. The van der Waals surface area contributed by atoms with Crippen molar-refractivity contribution in [1.29, 1.82) is 0 Å². The molecule has 4 unspecified atom stereocenters. The summed E-state index contributed by atoms with van der Waals surface area (Å²) in [6.07, 6.45) is 3.95. The van der Waals surface area contributed by atoms with Gasteiger partial charge in [-0.15, -0.1) is 12.4 Å². The molecule has 0 aromatic rings. The number of amides is 1. The minimum atomic E-state index is -0.850. The van der Waals surface area contributed by atoms with Crippen LogP contribution in [-0.2, 0) is 14.3 Å². The van der Waals surface area contributed by atoms with Gasteiger partial charge in [-0.1, -0.05) is 41.0 Å². The molecule has 0 aromatic heterocycles. The first-order valence-corrected chi connectivity index (χ1v) is 9.44. The van der Waals surface area contributed by atoms with E-state index in [-0.39, 0.29) is 47.4 Å². The van der Waals surface area contributed by atoms with E-state index in [1.807, 2.05) is 20.8 Å². The Morgan fingerprint density at radius 1 is 1.16 bits per heavy atom. The molecule has 0 radical (unpaired) electrons. The zero-order valence-corrected chi connectivity index (χ0v) is 17.5. The summed E-state index contributed by atoms with van der Waals surface area (Å²) in [6.45, 7) is 14.0. The monoisotopic (exact) mass is 376 g/mol. The summed E-state index contributed by atoms with van der Waals surface area (Å²) in [4.78, 5) is 12.8. The van der Waals surface area contributed by atoms with E-state index in [0.717, 1.165) is 25.9 Å². The molecule has 0 saturated heterocycles. The van der Waals surface area contributed by atoms with Gasteiger partial charge in [0.1, 0.15) is 5.54 Å². The maximum atomic E-state index is 12.8. The second kappa shape index (κ2) is 8.12. The fourth-order valence-electron chi connectivity index (χ4n) is 3.89. The van der Waals surface area contributed by atoms with Crippen LogP contribution >= 0.6 is 12.4 Å². The molecule has 2 aliphatic rings. The van der Waals surface area contributed by atoms with Gasteiger partial charge in [-0.3, -0.25) is 4.79 Å². The SMILES string of the molecule is CCCCOC1CC(NC(=O)C2(N)CC(OCC)C2(C)C)C1(C)C.Cl. The highest BCUT2D eigenvalue weighted by molar-refractivity contribution is 5.89. The van der Waals surface area contributed by atoms with Crippen LogP contribution in [0.15, 0.2) is 0 Å². The van der Waals surface area contributed by atoms with E-state index in [9.17, 15) is 4.79 Å². The third-order valence-corrected chi connectivity index (χ3v) is 6.54. The molecule has 148 valence electrons. The number of carbonyl (C=O) groups excluding carboxylic acids is 1. The number of unbranched alkanes of at least 4 members (excludes halogenated alkanes) is 1. The molecule has 0 spiro atoms. The van der Waals surface area contributed by atoms with E-state index in [0.29, 0.717) is 13.0 Å². The van der Waals surface area contributed by atoms with Gasteiger partial charge in [0.25, 0.3) is 0 Å². The molecular weight excluding hydrogens is 340 g/mol. The molecule has 2 fully saturated rings. The normalized spacial score (nSPS) is 35.1. The molecule has 3 N–H and O–H groups in total. The van der Waals surface area contributed by atoms with Crippen LogP contribution < -0.4 is 11.1 Å². The van der Waals surface area contributed by atoms with Crippen LogP contribution in [0, 0.1) is 10.8 Å². The van der Waals surface area contributed by atoms with Crippen molar-refractivity contribution in [1.82, 2.24) is 5.32 Å². The Morgan fingerprint density at radius 2 is 1.80 bits per heavy atom. The number of hydrogen-bond acceptors (Lipinski definition) is 4. The highest BCUT2D eigenvalue weighted by Gasteiger charge is 2.64. The summed E-state index contributed by atoms with van der Waals surface area (Å²) in [6, 6.07) is 0.124. The van der Waals surface area contributed by atoms with E-state index in [1.165, 1.54) is 0 Å². The standard InChI is InChI=1S/C19H36N2O3.ClH/c1-7-9-10-24-14-11-13(17(14,3)4)21-16(22)19(20)12-15(23-8-2)18(19,5)6;/h13-15H,7-12,20H2,1-6H3,(H,21,22);1H. The number of nitrogens with one attached hydrogen (secondary N) is 1. The zero-order chi connectivity index (χ0) is 18.2. The highest BCUT2D eigenvalue weighted by atomic mass is 35.5. The lowest BCUT2D eigenvalue weighted by Gasteiger charge is -2.59. The summed E-state index contributed by atoms with van der Waals surface area (Å²) in [5, 5.41) is 3.19. The molecule has 2 aliphatic carbocycles. The quantitative estimate of drug-likeness (QED) is 0.638. The molecule has 1 amide bonds. The van der Waals surface area contributed by atoms with Crippen molar-refractivity contribution in [2.24, 2.45) is 16.6 Å². The molecule has 25 heavy (non-hydrogen) atoms. The van der Waals surface area contributed by atoms with Crippen LogP contribution in [0.2, 0.25) is 0 Å². The van der Waals surface area contributed by atoms with Crippen molar-refractivity contribution in [3.8, 4) is 0 Å². The topological polar surface area (TPSA) is 73.6 Å². The molecule has 0 aliphatic heterocycles. The van der Waals surface area contributed by atoms with E-state index < -0.39 is 5.54 Å². The van der Waals surface area contributed by atoms with Crippen molar-refractivity contribution >= 4 is 18.3 Å². The van der Waals surface area contributed by atoms with Crippen LogP contribution in [0.5, 0.6) is 0 Å². The molecule has 4 atom stereocenters. The molecule has 0 heterocycles. The average molecular weight is 377 g/mol. The van der Waals surface area contributed by atoms with E-state index in [4.69, 9.17) is 15.2 Å². The van der Waals surface area contributed by atoms with Crippen LogP contribution in [0.25, 0.3) is 0 Å². The Bertz CT molecular complexity index is 470. The third kappa shape index (κ3) is 3.85. The summed E-state index contributed by atoms with van der Waals surface area (Å²) < 4.78 is 11.7. The molecule has 2 saturated carbocycles. The number of hydrogen-bond donors (Lipinski definition) is 2. The number of ether oxygens (including phenoxy) is 2. The van der Waals surface area contributed by atoms with Gasteiger partial charge in [0.05, 0.1) is 12.2 Å². The number of rotatable bonds is 8. The lowest BCUT2D eigenvalue weighted by atomic mass is 9.54. The molecule has 2 rings (SSSR count). The van der Waals surface area contributed by atoms with Crippen LogP contribution in [0.3, 0.4) is 0 Å². The Balaban J connectivity index is 0.00000312. The van der Waals surface area contributed by atoms with Crippen molar-refractivity contribution in [3.63, 3.8) is 0 Å². The van der Waals surface area contributed by atoms with Gasteiger partial charge < -0.3 is 20.5 Å². The second-order valence-electron chi connectivity index (χ2n) is 8.64. The Kier molecular flexibility index (Phi) is 7.36. The highest BCUT2D eigenvalue weighted by Crippen LogP contribution is 2.51. The van der Waals surface area contributed by atoms with Crippen LogP contribution in [0.1, 0.15) is 67.2 Å². The van der Waals surface area contributed by atoms with Crippen molar-refractivity contribution in [2.75, 3.05) is 13.2 Å². The Labute approximate surface area is 159 Å². The Morgan fingerprint density at radius 3 is 2.28 bits per heavy atom. The van der Waals surface area contributed by atoms with Gasteiger partial charge in [0.2, 0.25) is 5.91 Å². The van der Waals surface area contributed by atoms with Crippen LogP contribution in [-0.4, -0.2) is 42.9 Å². The van der Waals surface area contributed by atoms with E-state index in [2.05, 4.69) is 26.1 Å². The van der Waals surface area contributed by atoms with Gasteiger partial charge in [0.15, 0.2) is 0 Å². The molecule has 0 bridgehead atoms. The molecule has 5 nitrogen and oxygen atoms in total. The first-order chi connectivity index (χ1) is 11.1. The number of halogens is 1. The summed E-state index contributed by atoms with van der Waals surface area (Å²) in [5.74, 6) is -0.0477. The summed E-state index contributed by atoms with van der Waals surface area (Å²) in [5.41, 5.74) is 5.22. The molecular formula is C19H37ClN2O3. The zero-order valence-electron chi connectivity index (χ0n) is 16.7. The predicted molar refractivity (Wildman–Crippen MR) is 103 cm³/mol. The van der Waals surface area contributed by atoms with Gasteiger partial charge in [-0.05, 0) is 19.8 Å². The van der Waals surface area contributed by atoms with Gasteiger partial charge in [0, 0.05) is 36.5 Å². The first-order valence-electron chi connectivity index (χ1n) is 9.44. The minimum absolute atomic E-state index is 0. The minimum Gasteiger partial charge on any atom is -0.378 e. The fourth-order valence-corrected chi connectivity index (χ4v) is 3.89. The van der Waals surface area contributed by atoms with E-state index >= 15 is 0 Å². The van der Waals surface area contributed by atoms with Gasteiger partial charge in [-0.25, -0.2) is 0 Å². The van der Waals surface area contributed by atoms with Crippen LogP contribution in [0.4, 0.5) is 0 Å². The van der Waals surface area contributed by atoms with Crippen molar-refractivity contribution < 1.29 is 14.3 Å². The molecule has 0 aromatic carbocycles. The maximum Gasteiger partial charge on any atom is 0.241 e. The van der Waals surface area contributed by atoms with Crippen molar-refractivity contribution in [3.05, 3.63) is 0 Å². The third-order valence-electron chi connectivity index (χ3n) is 6.54. The van der Waals surface area contributed by atoms with Crippen molar-refractivity contribution in [2.45, 2.75) is 91.0 Å². The largest absolute Gasteiger partial charge is 0.378 e. The number of nitrogens with two attached hydrogens (primary N) is 1. The lowest BCUT2D eigenvalue weighted by molar-refractivity contribution is -0.176.